The molecule has 2 aromatic carbocycles. The third-order valence-corrected chi connectivity index (χ3v) is 4.60. The zero-order valence-electron chi connectivity index (χ0n) is 13.6. The van der Waals surface area contributed by atoms with Crippen molar-refractivity contribution in [1.29, 1.82) is 0 Å². The van der Waals surface area contributed by atoms with Gasteiger partial charge >= 0.3 is 5.97 Å². The molecule has 0 amide bonds. The maximum Gasteiger partial charge on any atom is 0.338 e. The quantitative estimate of drug-likeness (QED) is 0.582. The molecule has 0 aliphatic carbocycles. The molecule has 2 N–H and O–H groups in total. The van der Waals surface area contributed by atoms with Crippen LogP contribution in [0.2, 0.25) is 0 Å². The Morgan fingerprint density at radius 2 is 1.96 bits per heavy atom. The molecule has 0 spiro atoms. The van der Waals surface area contributed by atoms with Crippen molar-refractivity contribution in [2.45, 2.75) is 19.6 Å². The van der Waals surface area contributed by atoms with Gasteiger partial charge in [0.05, 0.1) is 11.6 Å². The highest BCUT2D eigenvalue weighted by Crippen LogP contribution is 2.29. The fourth-order valence-corrected chi connectivity index (χ4v) is 3.39. The van der Waals surface area contributed by atoms with Gasteiger partial charge in [-0.1, -0.05) is 58.4 Å². The third-order valence-electron chi connectivity index (χ3n) is 3.88. The smallest absolute Gasteiger partial charge is 0.338 e. The second-order valence-corrected chi connectivity index (χ2v) is 7.01. The summed E-state index contributed by atoms with van der Waals surface area (Å²) in [6, 6.07) is 17.0. The number of hydrogen-bond acceptors (Lipinski definition) is 3. The number of thiocarbonyl (C=S) groups is 1. The van der Waals surface area contributed by atoms with Crippen molar-refractivity contribution in [3.05, 3.63) is 81.5 Å². The fourth-order valence-electron chi connectivity index (χ4n) is 2.70. The molecule has 6 heteroatoms. The second-order valence-electron chi connectivity index (χ2n) is 5.69. The number of esters is 1. The summed E-state index contributed by atoms with van der Waals surface area (Å²) in [5.74, 6) is -0.367. The molecule has 0 saturated heterocycles. The Bertz CT molecular complexity index is 836. The maximum absolute atomic E-state index is 12.7. The average molecular weight is 417 g/mol. The van der Waals surface area contributed by atoms with Crippen LogP contribution in [-0.2, 0) is 16.1 Å². The Balaban J connectivity index is 1.85. The van der Waals surface area contributed by atoms with E-state index in [0.717, 1.165) is 15.6 Å². The first kappa shape index (κ1) is 17.6. The monoisotopic (exact) mass is 416 g/mol. The topological polar surface area (TPSA) is 50.4 Å². The SMILES string of the molecule is CC1=C(C(=O)OCc2ccccc2)[C@H](c2cccc(Br)c2)NC(=S)N1. The van der Waals surface area contributed by atoms with Gasteiger partial charge in [-0.3, -0.25) is 0 Å². The largest absolute Gasteiger partial charge is 0.457 e. The van der Waals surface area contributed by atoms with E-state index < -0.39 is 0 Å². The van der Waals surface area contributed by atoms with Crippen LogP contribution in [-0.4, -0.2) is 11.1 Å². The number of benzene rings is 2. The van der Waals surface area contributed by atoms with Gasteiger partial charge in [0.25, 0.3) is 0 Å². The van der Waals surface area contributed by atoms with Crippen molar-refractivity contribution in [3.8, 4) is 0 Å². The summed E-state index contributed by atoms with van der Waals surface area (Å²) < 4.78 is 6.46. The van der Waals surface area contributed by atoms with Crippen LogP contribution in [0.5, 0.6) is 0 Å². The molecule has 1 atom stereocenters. The third kappa shape index (κ3) is 4.27. The van der Waals surface area contributed by atoms with E-state index in [-0.39, 0.29) is 18.6 Å². The predicted octanol–water partition coefficient (Wildman–Crippen LogP) is 3.99. The maximum atomic E-state index is 12.7. The molecule has 0 fully saturated rings. The molecule has 2 aromatic rings. The minimum absolute atomic E-state index is 0.228. The Kier molecular flexibility index (Phi) is 5.50. The highest BCUT2D eigenvalue weighted by atomic mass is 79.9. The first-order valence-electron chi connectivity index (χ1n) is 7.79. The van der Waals surface area contributed by atoms with E-state index in [4.69, 9.17) is 17.0 Å². The van der Waals surface area contributed by atoms with E-state index in [2.05, 4.69) is 26.6 Å². The predicted molar refractivity (Wildman–Crippen MR) is 105 cm³/mol. The Morgan fingerprint density at radius 3 is 2.68 bits per heavy atom. The minimum Gasteiger partial charge on any atom is -0.457 e. The van der Waals surface area contributed by atoms with Crippen LogP contribution in [0.3, 0.4) is 0 Å². The molecule has 0 bridgehead atoms. The number of rotatable bonds is 4. The highest BCUT2D eigenvalue weighted by molar-refractivity contribution is 9.10. The fraction of sp³-hybridized carbons (Fsp3) is 0.158. The number of carbonyl (C=O) groups is 1. The van der Waals surface area contributed by atoms with Crippen molar-refractivity contribution in [3.63, 3.8) is 0 Å². The van der Waals surface area contributed by atoms with Gasteiger partial charge in [-0.05, 0) is 42.4 Å². The molecule has 0 radical (unpaired) electrons. The van der Waals surface area contributed by atoms with E-state index >= 15 is 0 Å². The summed E-state index contributed by atoms with van der Waals surface area (Å²) in [5, 5.41) is 6.66. The zero-order chi connectivity index (χ0) is 17.8. The number of carbonyl (C=O) groups excluding carboxylic acids is 1. The number of nitrogens with one attached hydrogen (secondary N) is 2. The molecule has 1 aliphatic heterocycles. The van der Waals surface area contributed by atoms with Gasteiger partial charge in [-0.2, -0.15) is 0 Å². The summed E-state index contributed by atoms with van der Waals surface area (Å²) in [7, 11) is 0. The molecule has 0 unspecified atom stereocenters. The molecule has 3 rings (SSSR count). The normalized spacial score (nSPS) is 16.9. The van der Waals surface area contributed by atoms with Crippen molar-refractivity contribution in [2.75, 3.05) is 0 Å². The van der Waals surface area contributed by atoms with Gasteiger partial charge in [-0.25, -0.2) is 4.79 Å². The van der Waals surface area contributed by atoms with Crippen molar-refractivity contribution in [1.82, 2.24) is 10.6 Å². The van der Waals surface area contributed by atoms with Gasteiger partial charge in [-0.15, -0.1) is 0 Å². The van der Waals surface area contributed by atoms with Crippen LogP contribution in [0.1, 0.15) is 24.1 Å². The van der Waals surface area contributed by atoms with Crippen LogP contribution in [0.25, 0.3) is 0 Å². The summed E-state index contributed by atoms with van der Waals surface area (Å²) in [5.41, 5.74) is 3.11. The van der Waals surface area contributed by atoms with Crippen LogP contribution in [0, 0.1) is 0 Å². The molecule has 0 aromatic heterocycles. The minimum atomic E-state index is -0.367. The number of hydrogen-bond donors (Lipinski definition) is 2. The van der Waals surface area contributed by atoms with Crippen LogP contribution >= 0.6 is 28.1 Å². The second kappa shape index (κ2) is 7.80. The number of allylic oxidation sites excluding steroid dienone is 1. The van der Waals surface area contributed by atoms with Crippen LogP contribution in [0.15, 0.2) is 70.3 Å². The number of halogens is 1. The molecule has 25 heavy (non-hydrogen) atoms. The molecular weight excluding hydrogens is 400 g/mol. The summed E-state index contributed by atoms with van der Waals surface area (Å²) in [6.07, 6.45) is 0. The first-order chi connectivity index (χ1) is 12.0. The number of ether oxygens (including phenoxy) is 1. The standard InChI is InChI=1S/C19H17BrN2O2S/c1-12-16(18(23)24-11-13-6-3-2-4-7-13)17(22-19(25)21-12)14-8-5-9-15(20)10-14/h2-10,17H,11H2,1H3,(H2,21,22,25)/t17-/m0/s1. The van der Waals surface area contributed by atoms with Crippen LogP contribution < -0.4 is 10.6 Å². The van der Waals surface area contributed by atoms with Gasteiger partial charge in [0.1, 0.15) is 6.61 Å². The van der Waals surface area contributed by atoms with E-state index in [1.807, 2.05) is 61.5 Å². The lowest BCUT2D eigenvalue weighted by Crippen LogP contribution is -2.45. The van der Waals surface area contributed by atoms with Crippen LogP contribution in [0.4, 0.5) is 0 Å². The molecule has 0 saturated carbocycles. The molecule has 128 valence electrons. The summed E-state index contributed by atoms with van der Waals surface area (Å²) >= 11 is 8.72. The Labute approximate surface area is 160 Å². The lowest BCUT2D eigenvalue weighted by atomic mass is 9.96. The van der Waals surface area contributed by atoms with E-state index in [1.165, 1.54) is 0 Å². The highest BCUT2D eigenvalue weighted by Gasteiger charge is 2.31. The van der Waals surface area contributed by atoms with E-state index in [9.17, 15) is 4.79 Å². The van der Waals surface area contributed by atoms with Gasteiger partial charge in [0.15, 0.2) is 5.11 Å². The van der Waals surface area contributed by atoms with E-state index in [0.29, 0.717) is 16.4 Å². The Morgan fingerprint density at radius 1 is 1.20 bits per heavy atom. The summed E-state index contributed by atoms with van der Waals surface area (Å²) in [4.78, 5) is 12.7. The van der Waals surface area contributed by atoms with Crippen molar-refractivity contribution >= 4 is 39.2 Å². The lowest BCUT2D eigenvalue weighted by molar-refractivity contribution is -0.140. The van der Waals surface area contributed by atoms with Gasteiger partial charge in [0, 0.05) is 10.2 Å². The lowest BCUT2D eigenvalue weighted by Gasteiger charge is -2.30. The van der Waals surface area contributed by atoms with Crippen molar-refractivity contribution < 1.29 is 9.53 Å². The Hall–Kier alpha value is -2.18. The van der Waals surface area contributed by atoms with Gasteiger partial charge < -0.3 is 15.4 Å². The van der Waals surface area contributed by atoms with E-state index in [1.54, 1.807) is 0 Å². The average Bonchev–Trinajstić information content (AvgIpc) is 2.60. The molecule has 4 nitrogen and oxygen atoms in total. The summed E-state index contributed by atoms with van der Waals surface area (Å²) in [6.45, 7) is 2.06. The molecule has 1 heterocycles. The first-order valence-corrected chi connectivity index (χ1v) is 8.99. The molecule has 1 aliphatic rings. The van der Waals surface area contributed by atoms with Gasteiger partial charge in [0.2, 0.25) is 0 Å². The molecular formula is C19H17BrN2O2S. The zero-order valence-corrected chi connectivity index (χ0v) is 16.0. The van der Waals surface area contributed by atoms with Crippen molar-refractivity contribution in [2.24, 2.45) is 0 Å².